The molecule has 0 amide bonds. The maximum absolute atomic E-state index is 11.7. The zero-order valence-corrected chi connectivity index (χ0v) is 9.45. The van der Waals surface area contributed by atoms with Gasteiger partial charge in [0, 0.05) is 0 Å². The van der Waals surface area contributed by atoms with Crippen LogP contribution in [0.25, 0.3) is 11.0 Å². The molecule has 2 aromatic heterocycles. The van der Waals surface area contributed by atoms with E-state index >= 15 is 0 Å². The molecule has 0 saturated heterocycles. The number of halogens is 1. The van der Waals surface area contributed by atoms with E-state index in [2.05, 4.69) is 31.5 Å². The van der Waals surface area contributed by atoms with Gasteiger partial charge in [0.25, 0.3) is 5.56 Å². The van der Waals surface area contributed by atoms with Gasteiger partial charge >= 0.3 is 0 Å². The van der Waals surface area contributed by atoms with E-state index in [-0.39, 0.29) is 5.56 Å². The van der Waals surface area contributed by atoms with Crippen LogP contribution in [-0.2, 0) is 0 Å². The Hall–Kier alpha value is -1.47. The van der Waals surface area contributed by atoms with Crippen LogP contribution in [0, 0.1) is 6.92 Å². The van der Waals surface area contributed by atoms with Gasteiger partial charge in [-0.3, -0.25) is 4.79 Å². The van der Waals surface area contributed by atoms with Crippen molar-refractivity contribution in [2.75, 3.05) is 5.43 Å². The molecule has 0 saturated carbocycles. The monoisotopic (exact) mass is 269 g/mol. The molecular weight excluding hydrogens is 262 g/mol. The Morgan fingerprint density at radius 2 is 2.20 bits per heavy atom. The lowest BCUT2D eigenvalue weighted by atomic mass is 10.3. The fourth-order valence-corrected chi connectivity index (χ4v) is 1.50. The van der Waals surface area contributed by atoms with Gasteiger partial charge in [0.15, 0.2) is 5.65 Å². The zero-order chi connectivity index (χ0) is 11.0. The maximum Gasteiger partial charge on any atom is 0.273 e. The van der Waals surface area contributed by atoms with Crippen LogP contribution in [0.15, 0.2) is 16.9 Å². The van der Waals surface area contributed by atoms with Gasteiger partial charge in [0.05, 0.1) is 21.5 Å². The Morgan fingerprint density at radius 3 is 2.87 bits per heavy atom. The van der Waals surface area contributed by atoms with Gasteiger partial charge in [-0.05, 0) is 19.1 Å². The summed E-state index contributed by atoms with van der Waals surface area (Å²) in [5, 5.41) is 0.441. The van der Waals surface area contributed by atoms with E-state index in [1.807, 2.05) is 0 Å². The van der Waals surface area contributed by atoms with Crippen LogP contribution in [0.3, 0.4) is 0 Å². The fourth-order valence-electron chi connectivity index (χ4n) is 1.23. The van der Waals surface area contributed by atoms with Crippen LogP contribution in [0.1, 0.15) is 5.82 Å². The number of hydrazine groups is 1. The van der Waals surface area contributed by atoms with Crippen LogP contribution in [-0.4, -0.2) is 13.6 Å². The lowest BCUT2D eigenvalue weighted by Gasteiger charge is -2.04. The van der Waals surface area contributed by atoms with Crippen molar-refractivity contribution in [3.05, 3.63) is 28.3 Å². The highest BCUT2D eigenvalue weighted by atomic mass is 79.9. The molecule has 6 nitrogen and oxygen atoms in total. The Kier molecular flexibility index (Phi) is 2.41. The quantitative estimate of drug-likeness (QED) is 0.583. The molecule has 15 heavy (non-hydrogen) atoms. The summed E-state index contributed by atoms with van der Waals surface area (Å²) in [5.41, 5.74) is 2.59. The molecule has 0 radical (unpaired) electrons. The van der Waals surface area contributed by atoms with Crippen molar-refractivity contribution in [3.8, 4) is 0 Å². The standard InChI is InChI=1S/C8H8BrN5O/c1-4-11-7-5(8(15)14(4)9)2-3-6(12-7)13-10/h2-3H,10H2,1H3,(H,12,13). The van der Waals surface area contributed by atoms with Crippen LogP contribution < -0.4 is 16.8 Å². The second-order valence-electron chi connectivity index (χ2n) is 2.96. The molecule has 2 aromatic rings. The Balaban J connectivity index is 2.86. The van der Waals surface area contributed by atoms with Crippen molar-refractivity contribution in [2.24, 2.45) is 5.84 Å². The van der Waals surface area contributed by atoms with Crippen LogP contribution >= 0.6 is 16.1 Å². The molecule has 0 atom stereocenters. The first-order chi connectivity index (χ1) is 7.13. The predicted molar refractivity (Wildman–Crippen MR) is 60.7 cm³/mol. The van der Waals surface area contributed by atoms with Gasteiger partial charge in [-0.2, -0.15) is 0 Å². The predicted octanol–water partition coefficient (Wildman–Crippen LogP) is 0.544. The molecule has 0 aliphatic carbocycles. The third-order valence-corrected chi connectivity index (χ3v) is 2.82. The van der Waals surface area contributed by atoms with Crippen LogP contribution in [0.4, 0.5) is 5.82 Å². The van der Waals surface area contributed by atoms with Crippen molar-refractivity contribution in [1.29, 1.82) is 0 Å². The summed E-state index contributed by atoms with van der Waals surface area (Å²) in [6.07, 6.45) is 0. The fraction of sp³-hybridized carbons (Fsp3) is 0.125. The summed E-state index contributed by atoms with van der Waals surface area (Å²) in [5.74, 6) is 6.22. The van der Waals surface area contributed by atoms with Gasteiger partial charge < -0.3 is 5.43 Å². The minimum absolute atomic E-state index is 0.187. The molecule has 0 unspecified atom stereocenters. The molecule has 0 aliphatic rings. The average molecular weight is 270 g/mol. The second kappa shape index (κ2) is 3.59. The first-order valence-electron chi connectivity index (χ1n) is 4.16. The molecule has 0 aliphatic heterocycles. The van der Waals surface area contributed by atoms with Crippen molar-refractivity contribution in [3.63, 3.8) is 0 Å². The number of aryl methyl sites for hydroxylation is 1. The molecule has 3 N–H and O–H groups in total. The number of hydrogen-bond donors (Lipinski definition) is 2. The molecule has 0 bridgehead atoms. The first kappa shape index (κ1) is 10.1. The minimum atomic E-state index is -0.187. The zero-order valence-electron chi connectivity index (χ0n) is 7.86. The van der Waals surface area contributed by atoms with E-state index < -0.39 is 0 Å². The molecule has 2 heterocycles. The highest BCUT2D eigenvalue weighted by molar-refractivity contribution is 9.08. The van der Waals surface area contributed by atoms with E-state index in [0.29, 0.717) is 22.7 Å². The van der Waals surface area contributed by atoms with E-state index in [1.165, 1.54) is 3.59 Å². The topological polar surface area (TPSA) is 85.8 Å². The Morgan fingerprint density at radius 1 is 1.47 bits per heavy atom. The average Bonchev–Trinajstić information content (AvgIpc) is 2.25. The maximum atomic E-state index is 11.7. The first-order valence-corrected chi connectivity index (χ1v) is 4.87. The third kappa shape index (κ3) is 1.59. The number of nitrogens with two attached hydrogens (primary N) is 1. The number of nitrogens with one attached hydrogen (secondary N) is 1. The van der Waals surface area contributed by atoms with Gasteiger partial charge in [-0.15, -0.1) is 0 Å². The van der Waals surface area contributed by atoms with Gasteiger partial charge in [-0.1, -0.05) is 0 Å². The van der Waals surface area contributed by atoms with E-state index in [9.17, 15) is 4.79 Å². The second-order valence-corrected chi connectivity index (χ2v) is 3.67. The molecule has 0 fully saturated rings. The number of nitrogens with zero attached hydrogens (tertiary/aromatic N) is 3. The van der Waals surface area contributed by atoms with E-state index in [1.54, 1.807) is 19.1 Å². The molecular formula is C8H8BrN5O. The lowest BCUT2D eigenvalue weighted by molar-refractivity contribution is 1.00. The van der Waals surface area contributed by atoms with Crippen molar-refractivity contribution >= 4 is 33.0 Å². The number of nitrogen functional groups attached to an aromatic ring is 1. The number of hydrogen-bond acceptors (Lipinski definition) is 5. The lowest BCUT2D eigenvalue weighted by Crippen LogP contribution is -2.18. The smallest absolute Gasteiger partial charge is 0.273 e. The van der Waals surface area contributed by atoms with Crippen LogP contribution in [0.2, 0.25) is 0 Å². The van der Waals surface area contributed by atoms with E-state index in [4.69, 9.17) is 5.84 Å². The van der Waals surface area contributed by atoms with Crippen molar-refractivity contribution in [2.45, 2.75) is 6.92 Å². The Labute approximate surface area is 93.4 Å². The SMILES string of the molecule is Cc1nc2nc(NN)ccc2c(=O)n1Br. The third-order valence-electron chi connectivity index (χ3n) is 1.98. The highest BCUT2D eigenvalue weighted by Gasteiger charge is 2.07. The van der Waals surface area contributed by atoms with Gasteiger partial charge in [0.2, 0.25) is 0 Å². The number of rotatable bonds is 1. The molecule has 2 rings (SSSR count). The van der Waals surface area contributed by atoms with Crippen molar-refractivity contribution < 1.29 is 0 Å². The Bertz CT molecular complexity index is 579. The summed E-state index contributed by atoms with van der Waals surface area (Å²) < 4.78 is 1.30. The molecule has 0 aromatic carbocycles. The molecule has 0 spiro atoms. The number of anilines is 1. The summed E-state index contributed by atoms with van der Waals surface area (Å²) >= 11 is 3.11. The summed E-state index contributed by atoms with van der Waals surface area (Å²) in [6.45, 7) is 1.71. The summed E-state index contributed by atoms with van der Waals surface area (Å²) in [6, 6.07) is 3.25. The van der Waals surface area contributed by atoms with Gasteiger partial charge in [0.1, 0.15) is 11.6 Å². The number of fused-ring (bicyclic) bond motifs is 1. The molecule has 7 heteroatoms. The summed E-state index contributed by atoms with van der Waals surface area (Å²) in [4.78, 5) is 20.0. The van der Waals surface area contributed by atoms with Gasteiger partial charge in [-0.25, -0.2) is 19.4 Å². The van der Waals surface area contributed by atoms with Crippen molar-refractivity contribution in [1.82, 2.24) is 13.6 Å². The minimum Gasteiger partial charge on any atom is -0.308 e. The normalized spacial score (nSPS) is 10.6. The van der Waals surface area contributed by atoms with Crippen LogP contribution in [0.5, 0.6) is 0 Å². The number of aromatic nitrogens is 3. The number of pyridine rings is 1. The largest absolute Gasteiger partial charge is 0.308 e. The molecule has 78 valence electrons. The van der Waals surface area contributed by atoms with E-state index in [0.717, 1.165) is 0 Å². The highest BCUT2D eigenvalue weighted by Crippen LogP contribution is 2.10. The summed E-state index contributed by atoms with van der Waals surface area (Å²) in [7, 11) is 0.